The van der Waals surface area contributed by atoms with Gasteiger partial charge < -0.3 is 4.74 Å². The number of pyridine rings is 2. The number of hydrogen-bond acceptors (Lipinski definition) is 5. The van der Waals surface area contributed by atoms with E-state index in [1.54, 1.807) is 37.5 Å². The van der Waals surface area contributed by atoms with Gasteiger partial charge in [0.15, 0.2) is 17.2 Å². The normalized spacial score (nSPS) is 12.0. The fraction of sp³-hybridized carbons (Fsp3) is 0.143. The molecule has 0 saturated carbocycles. The molecule has 5 aromatic rings. The van der Waals surface area contributed by atoms with Gasteiger partial charge in [-0.15, -0.1) is 10.2 Å². The summed E-state index contributed by atoms with van der Waals surface area (Å²) in [5, 5.41) is 11.9. The Bertz CT molecular complexity index is 1440. The maximum Gasteiger partial charge on any atom is 0.352 e. The zero-order valence-electron chi connectivity index (χ0n) is 16.4. The number of para-hydroxylation sites is 1. The van der Waals surface area contributed by atoms with Crippen molar-refractivity contribution in [2.24, 2.45) is 7.05 Å². The van der Waals surface area contributed by atoms with E-state index in [4.69, 9.17) is 4.74 Å². The van der Waals surface area contributed by atoms with Gasteiger partial charge in [-0.1, -0.05) is 18.2 Å². The van der Waals surface area contributed by atoms with Crippen molar-refractivity contribution >= 4 is 16.6 Å². The summed E-state index contributed by atoms with van der Waals surface area (Å²) >= 11 is 0. The van der Waals surface area contributed by atoms with Crippen molar-refractivity contribution in [3.05, 3.63) is 72.3 Å². The number of benzene rings is 1. The first-order valence-corrected chi connectivity index (χ1v) is 9.24. The van der Waals surface area contributed by atoms with Gasteiger partial charge in [-0.05, 0) is 18.2 Å². The van der Waals surface area contributed by atoms with Crippen LogP contribution in [0.4, 0.5) is 13.2 Å². The number of rotatable bonds is 4. The number of aryl methyl sites for hydroxylation is 1. The first-order chi connectivity index (χ1) is 14.9. The summed E-state index contributed by atoms with van der Waals surface area (Å²) in [6, 6.07) is 9.53. The van der Waals surface area contributed by atoms with Crippen LogP contribution in [-0.4, -0.2) is 36.5 Å². The average molecular weight is 424 g/mol. The second kappa shape index (κ2) is 6.79. The zero-order chi connectivity index (χ0) is 21.8. The topological polar surface area (TPSA) is 70.1 Å². The number of alkyl halides is 2. The molecule has 7 nitrogen and oxygen atoms in total. The lowest BCUT2D eigenvalue weighted by atomic mass is 10.1. The van der Waals surface area contributed by atoms with E-state index < -0.39 is 23.3 Å². The summed E-state index contributed by atoms with van der Waals surface area (Å²) in [5.41, 5.74) is 0.340. The number of nitrogens with zero attached hydrogens (tertiary/aromatic N) is 6. The van der Waals surface area contributed by atoms with Gasteiger partial charge in [0, 0.05) is 36.0 Å². The summed E-state index contributed by atoms with van der Waals surface area (Å²) in [6.45, 7) is 0. The van der Waals surface area contributed by atoms with Crippen LogP contribution in [0.25, 0.3) is 27.7 Å². The van der Waals surface area contributed by atoms with E-state index in [1.165, 1.54) is 36.3 Å². The molecule has 0 aliphatic carbocycles. The molecule has 0 unspecified atom stereocenters. The molecule has 0 N–H and O–H groups in total. The first kappa shape index (κ1) is 19.0. The third-order valence-corrected chi connectivity index (χ3v) is 4.99. The lowest BCUT2D eigenvalue weighted by molar-refractivity contribution is 0.0247. The molecule has 1 aromatic carbocycles. The van der Waals surface area contributed by atoms with Crippen molar-refractivity contribution in [2.75, 3.05) is 7.11 Å². The Morgan fingerprint density at radius 3 is 2.58 bits per heavy atom. The van der Waals surface area contributed by atoms with E-state index in [0.29, 0.717) is 22.0 Å². The first-order valence-electron chi connectivity index (χ1n) is 9.24. The Balaban J connectivity index is 1.73. The molecule has 4 heterocycles. The van der Waals surface area contributed by atoms with Crippen LogP contribution < -0.4 is 4.74 Å². The Morgan fingerprint density at radius 2 is 1.84 bits per heavy atom. The number of halogens is 3. The monoisotopic (exact) mass is 424 g/mol. The summed E-state index contributed by atoms with van der Waals surface area (Å²) in [6.07, 6.45) is 4.51. The van der Waals surface area contributed by atoms with Gasteiger partial charge in [0.1, 0.15) is 5.75 Å². The minimum Gasteiger partial charge on any atom is -0.495 e. The summed E-state index contributed by atoms with van der Waals surface area (Å²) in [4.78, 5) is 4.12. The number of aromatic nitrogens is 6. The summed E-state index contributed by atoms with van der Waals surface area (Å²) in [7, 11) is 2.99. The minimum atomic E-state index is -3.71. The molecular weight excluding hydrogens is 409 g/mol. The highest BCUT2D eigenvalue weighted by Gasteiger charge is 2.44. The smallest absolute Gasteiger partial charge is 0.352 e. The fourth-order valence-corrected chi connectivity index (χ4v) is 3.48. The largest absolute Gasteiger partial charge is 0.495 e. The molecule has 10 heteroatoms. The van der Waals surface area contributed by atoms with Gasteiger partial charge in [0.2, 0.25) is 5.82 Å². The van der Waals surface area contributed by atoms with E-state index in [0.717, 1.165) is 4.40 Å². The molecule has 5 rings (SSSR count). The van der Waals surface area contributed by atoms with Crippen molar-refractivity contribution in [2.45, 2.75) is 5.92 Å². The molecular formula is C21H15F3N6O. The highest BCUT2D eigenvalue weighted by molar-refractivity contribution is 5.80. The maximum absolute atomic E-state index is 15.7. The van der Waals surface area contributed by atoms with E-state index >= 15 is 8.78 Å². The molecule has 0 amide bonds. The van der Waals surface area contributed by atoms with Crippen LogP contribution >= 0.6 is 0 Å². The van der Waals surface area contributed by atoms with Crippen LogP contribution in [0.3, 0.4) is 0 Å². The Labute approximate surface area is 173 Å². The highest BCUT2D eigenvalue weighted by atomic mass is 19.3. The van der Waals surface area contributed by atoms with Gasteiger partial charge in [-0.3, -0.25) is 9.08 Å². The average Bonchev–Trinajstić information content (AvgIpc) is 3.39. The summed E-state index contributed by atoms with van der Waals surface area (Å²) in [5.74, 6) is -5.37. The van der Waals surface area contributed by atoms with Gasteiger partial charge in [0.25, 0.3) is 0 Å². The van der Waals surface area contributed by atoms with Crippen LogP contribution in [0.1, 0.15) is 11.5 Å². The van der Waals surface area contributed by atoms with E-state index in [9.17, 15) is 4.39 Å². The Morgan fingerprint density at radius 1 is 1.03 bits per heavy atom. The molecule has 0 fully saturated rings. The third kappa shape index (κ3) is 2.98. The molecule has 0 spiro atoms. The van der Waals surface area contributed by atoms with Crippen LogP contribution in [0, 0.1) is 5.82 Å². The number of methoxy groups -OCH3 is 1. The number of fused-ring (bicyclic) bond motifs is 2. The molecule has 0 aliphatic rings. The molecule has 31 heavy (non-hydrogen) atoms. The molecule has 0 radical (unpaired) electrons. The molecule has 0 saturated heterocycles. The predicted octanol–water partition coefficient (Wildman–Crippen LogP) is 3.97. The second-order valence-corrected chi connectivity index (χ2v) is 7.00. The van der Waals surface area contributed by atoms with Gasteiger partial charge in [-0.2, -0.15) is 13.9 Å². The molecule has 156 valence electrons. The molecule has 0 bridgehead atoms. The van der Waals surface area contributed by atoms with Gasteiger partial charge >= 0.3 is 5.92 Å². The van der Waals surface area contributed by atoms with Crippen molar-refractivity contribution in [1.82, 2.24) is 29.4 Å². The molecule has 0 aliphatic heterocycles. The van der Waals surface area contributed by atoms with Crippen LogP contribution in [0.5, 0.6) is 5.75 Å². The number of ether oxygens (including phenoxy) is 1. The highest BCUT2D eigenvalue weighted by Crippen LogP contribution is 2.40. The van der Waals surface area contributed by atoms with Crippen molar-refractivity contribution in [1.29, 1.82) is 0 Å². The lowest BCUT2D eigenvalue weighted by Gasteiger charge is -2.18. The standard InChI is InChI=1S/C21H15F3N6O/c1-29-10-14(9-25-29)13-7-15(22)19-27-28-20(30(19)11-13)21(23,24)18-17(31-2)8-12-5-3-4-6-16(12)26-18/h3-11H,1-2H3. The van der Waals surface area contributed by atoms with Crippen LogP contribution in [0.2, 0.25) is 0 Å². The quantitative estimate of drug-likeness (QED) is 0.437. The van der Waals surface area contributed by atoms with Gasteiger partial charge in [-0.25, -0.2) is 9.37 Å². The van der Waals surface area contributed by atoms with Crippen molar-refractivity contribution < 1.29 is 17.9 Å². The van der Waals surface area contributed by atoms with Gasteiger partial charge in [0.05, 0.1) is 18.8 Å². The SMILES string of the molecule is COc1cc2ccccc2nc1C(F)(F)c1nnc2c(F)cc(-c3cnn(C)c3)cn12. The third-order valence-electron chi connectivity index (χ3n) is 4.99. The Hall–Kier alpha value is -3.95. The zero-order valence-corrected chi connectivity index (χ0v) is 16.4. The van der Waals surface area contributed by atoms with E-state index in [-0.39, 0.29) is 11.4 Å². The van der Waals surface area contributed by atoms with Crippen molar-refractivity contribution in [3.8, 4) is 16.9 Å². The van der Waals surface area contributed by atoms with E-state index in [1.807, 2.05) is 0 Å². The Kier molecular flexibility index (Phi) is 4.17. The van der Waals surface area contributed by atoms with Crippen molar-refractivity contribution in [3.63, 3.8) is 0 Å². The number of hydrogen-bond donors (Lipinski definition) is 0. The maximum atomic E-state index is 15.7. The van der Waals surface area contributed by atoms with Crippen LogP contribution in [-0.2, 0) is 13.0 Å². The molecule has 0 atom stereocenters. The van der Waals surface area contributed by atoms with Crippen LogP contribution in [0.15, 0.2) is 55.0 Å². The lowest BCUT2D eigenvalue weighted by Crippen LogP contribution is -2.22. The minimum absolute atomic E-state index is 0.107. The fourth-order valence-electron chi connectivity index (χ4n) is 3.48. The van der Waals surface area contributed by atoms with E-state index in [2.05, 4.69) is 20.3 Å². The summed E-state index contributed by atoms with van der Waals surface area (Å²) < 4.78 is 53.7. The predicted molar refractivity (Wildman–Crippen MR) is 106 cm³/mol. The second-order valence-electron chi connectivity index (χ2n) is 7.00. The molecule has 4 aromatic heterocycles.